The Morgan fingerprint density at radius 1 is 1.56 bits per heavy atom. The summed E-state index contributed by atoms with van der Waals surface area (Å²) in [6.07, 6.45) is 1.63. The van der Waals surface area contributed by atoms with Crippen LogP contribution in [0.3, 0.4) is 0 Å². The molecule has 0 unspecified atom stereocenters. The van der Waals surface area contributed by atoms with E-state index in [0.29, 0.717) is 11.5 Å². The second-order valence-corrected chi connectivity index (χ2v) is 3.81. The van der Waals surface area contributed by atoms with Gasteiger partial charge in [0.25, 0.3) is 5.91 Å². The maximum absolute atomic E-state index is 11.8. The summed E-state index contributed by atoms with van der Waals surface area (Å²) in [5, 5.41) is 19.2. The minimum atomic E-state index is -0.319. The van der Waals surface area contributed by atoms with Gasteiger partial charge in [-0.2, -0.15) is 15.5 Å². The van der Waals surface area contributed by atoms with Gasteiger partial charge in [0.05, 0.1) is 6.07 Å². The van der Waals surface area contributed by atoms with Crippen LogP contribution in [0.5, 0.6) is 0 Å². The summed E-state index contributed by atoms with van der Waals surface area (Å²) in [6.45, 7) is 2.02. The maximum Gasteiger partial charge on any atom is 0.277 e. The molecule has 0 atom stereocenters. The second kappa shape index (κ2) is 4.71. The Morgan fingerprint density at radius 3 is 2.94 bits per heavy atom. The van der Waals surface area contributed by atoms with Gasteiger partial charge >= 0.3 is 0 Å². The van der Waals surface area contributed by atoms with E-state index < -0.39 is 0 Å². The molecule has 0 aromatic carbocycles. The van der Waals surface area contributed by atoms with Crippen molar-refractivity contribution in [2.24, 2.45) is 7.05 Å². The first-order valence-corrected chi connectivity index (χ1v) is 5.32. The Kier molecular flexibility index (Phi) is 3.10. The van der Waals surface area contributed by atoms with Crippen molar-refractivity contribution < 1.29 is 4.79 Å². The van der Waals surface area contributed by atoms with Gasteiger partial charge in [-0.3, -0.25) is 14.2 Å². The van der Waals surface area contributed by atoms with Crippen molar-refractivity contribution >= 4 is 11.7 Å². The molecule has 0 aliphatic carbocycles. The molecule has 0 bridgehead atoms. The fraction of sp³-hybridized carbons (Fsp3) is 0.273. The Hall–Kier alpha value is -2.62. The number of amides is 1. The number of carbonyl (C=O) groups is 1. The minimum absolute atomic E-state index is 0.151. The monoisotopic (exact) mass is 244 g/mol. The van der Waals surface area contributed by atoms with Crippen LogP contribution in [0.15, 0.2) is 18.3 Å². The highest BCUT2D eigenvalue weighted by atomic mass is 16.2. The SMILES string of the molecule is Cc1cc(C(=O)Nc2ccn(CC#N)n2)nn1C. The van der Waals surface area contributed by atoms with Gasteiger partial charge in [0, 0.05) is 25.0 Å². The number of hydrogen-bond acceptors (Lipinski definition) is 4. The molecule has 0 spiro atoms. The zero-order valence-corrected chi connectivity index (χ0v) is 10.1. The van der Waals surface area contributed by atoms with Gasteiger partial charge in [0.2, 0.25) is 0 Å². The topological polar surface area (TPSA) is 88.5 Å². The summed E-state index contributed by atoms with van der Waals surface area (Å²) < 4.78 is 3.07. The van der Waals surface area contributed by atoms with E-state index in [9.17, 15) is 4.79 Å². The lowest BCUT2D eigenvalue weighted by Crippen LogP contribution is -2.13. The zero-order valence-electron chi connectivity index (χ0n) is 10.1. The molecule has 0 fully saturated rings. The normalized spacial score (nSPS) is 10.1. The van der Waals surface area contributed by atoms with Crippen LogP contribution in [0, 0.1) is 18.3 Å². The van der Waals surface area contributed by atoms with Crippen molar-refractivity contribution in [3.63, 3.8) is 0 Å². The predicted molar refractivity (Wildman–Crippen MR) is 63.7 cm³/mol. The lowest BCUT2D eigenvalue weighted by Gasteiger charge is -1.97. The van der Waals surface area contributed by atoms with E-state index in [1.807, 2.05) is 13.0 Å². The molecule has 0 radical (unpaired) electrons. The molecule has 0 saturated carbocycles. The standard InChI is InChI=1S/C11H12N6O/c1-8-7-9(14-16(8)2)11(18)13-10-3-5-17(15-10)6-4-12/h3,5,7H,6H2,1-2H3,(H,13,15,18). The van der Waals surface area contributed by atoms with E-state index in [0.717, 1.165) is 5.69 Å². The lowest BCUT2D eigenvalue weighted by molar-refractivity contribution is 0.102. The summed E-state index contributed by atoms with van der Waals surface area (Å²) >= 11 is 0. The molecule has 1 N–H and O–H groups in total. The van der Waals surface area contributed by atoms with E-state index >= 15 is 0 Å². The maximum atomic E-state index is 11.8. The zero-order chi connectivity index (χ0) is 13.1. The Morgan fingerprint density at radius 2 is 2.33 bits per heavy atom. The molecule has 0 saturated heterocycles. The van der Waals surface area contributed by atoms with E-state index in [4.69, 9.17) is 5.26 Å². The number of carbonyl (C=O) groups excluding carboxylic acids is 1. The molecule has 2 heterocycles. The molecule has 18 heavy (non-hydrogen) atoms. The van der Waals surface area contributed by atoms with Crippen molar-refractivity contribution in [2.75, 3.05) is 5.32 Å². The van der Waals surface area contributed by atoms with Gasteiger partial charge in [0.15, 0.2) is 11.5 Å². The van der Waals surface area contributed by atoms with E-state index in [-0.39, 0.29) is 12.5 Å². The highest BCUT2D eigenvalue weighted by Crippen LogP contribution is 2.07. The van der Waals surface area contributed by atoms with Crippen LogP contribution in [0.1, 0.15) is 16.2 Å². The Labute approximate surface area is 104 Å². The molecule has 7 nitrogen and oxygen atoms in total. The fourth-order valence-corrected chi connectivity index (χ4v) is 1.44. The number of aromatic nitrogens is 4. The molecule has 7 heteroatoms. The third-order valence-electron chi connectivity index (χ3n) is 2.46. The van der Waals surface area contributed by atoms with Crippen molar-refractivity contribution in [1.82, 2.24) is 19.6 Å². The highest BCUT2D eigenvalue weighted by molar-refractivity contribution is 6.02. The first-order chi connectivity index (χ1) is 8.60. The van der Waals surface area contributed by atoms with Gasteiger partial charge in [0.1, 0.15) is 6.54 Å². The predicted octanol–water partition coefficient (Wildman–Crippen LogP) is 0.701. The van der Waals surface area contributed by atoms with Gasteiger partial charge in [-0.15, -0.1) is 0 Å². The summed E-state index contributed by atoms with van der Waals surface area (Å²) in [7, 11) is 1.77. The third kappa shape index (κ3) is 2.38. The average Bonchev–Trinajstić information content (AvgIpc) is 2.88. The average molecular weight is 244 g/mol. The Bertz CT molecular complexity index is 598. The molecule has 2 aromatic heterocycles. The Balaban J connectivity index is 2.09. The summed E-state index contributed by atoms with van der Waals surface area (Å²) in [5.74, 6) is 0.0828. The number of nitrogens with one attached hydrogen (secondary N) is 1. The van der Waals surface area contributed by atoms with Crippen LogP contribution in [-0.4, -0.2) is 25.5 Å². The first kappa shape index (κ1) is 11.9. The van der Waals surface area contributed by atoms with E-state index in [2.05, 4.69) is 15.5 Å². The van der Waals surface area contributed by atoms with Crippen LogP contribution < -0.4 is 5.32 Å². The van der Waals surface area contributed by atoms with E-state index in [1.165, 1.54) is 4.68 Å². The molecule has 2 rings (SSSR count). The van der Waals surface area contributed by atoms with Crippen molar-refractivity contribution in [3.8, 4) is 6.07 Å². The van der Waals surface area contributed by atoms with Crippen LogP contribution in [0.2, 0.25) is 0 Å². The first-order valence-electron chi connectivity index (χ1n) is 5.32. The lowest BCUT2D eigenvalue weighted by atomic mass is 10.3. The number of rotatable bonds is 3. The number of anilines is 1. The van der Waals surface area contributed by atoms with Crippen molar-refractivity contribution in [1.29, 1.82) is 5.26 Å². The third-order valence-corrected chi connectivity index (χ3v) is 2.46. The van der Waals surface area contributed by atoms with Gasteiger partial charge in [-0.25, -0.2) is 0 Å². The fourth-order valence-electron chi connectivity index (χ4n) is 1.44. The molecule has 0 aliphatic heterocycles. The molecule has 0 aliphatic rings. The van der Waals surface area contributed by atoms with Crippen LogP contribution >= 0.6 is 0 Å². The van der Waals surface area contributed by atoms with Gasteiger partial charge in [-0.05, 0) is 13.0 Å². The van der Waals surface area contributed by atoms with Crippen LogP contribution in [0.25, 0.3) is 0 Å². The number of nitriles is 1. The largest absolute Gasteiger partial charge is 0.304 e. The minimum Gasteiger partial charge on any atom is -0.304 e. The van der Waals surface area contributed by atoms with Gasteiger partial charge < -0.3 is 5.32 Å². The molecule has 92 valence electrons. The highest BCUT2D eigenvalue weighted by Gasteiger charge is 2.12. The number of aryl methyl sites for hydroxylation is 2. The van der Waals surface area contributed by atoms with Crippen molar-refractivity contribution in [3.05, 3.63) is 29.7 Å². The summed E-state index contributed by atoms with van der Waals surface area (Å²) in [4.78, 5) is 11.8. The quantitative estimate of drug-likeness (QED) is 0.860. The molecular formula is C11H12N6O. The smallest absolute Gasteiger partial charge is 0.277 e. The molecule has 1 amide bonds. The van der Waals surface area contributed by atoms with Gasteiger partial charge in [-0.1, -0.05) is 0 Å². The molecular weight excluding hydrogens is 232 g/mol. The summed E-state index contributed by atoms with van der Waals surface area (Å²) in [5.41, 5.74) is 1.24. The summed E-state index contributed by atoms with van der Waals surface area (Å²) in [6, 6.07) is 5.29. The second-order valence-electron chi connectivity index (χ2n) is 3.81. The number of hydrogen-bond donors (Lipinski definition) is 1. The molecule has 2 aromatic rings. The van der Waals surface area contributed by atoms with E-state index in [1.54, 1.807) is 30.1 Å². The van der Waals surface area contributed by atoms with Crippen LogP contribution in [-0.2, 0) is 13.6 Å². The van der Waals surface area contributed by atoms with Crippen molar-refractivity contribution in [2.45, 2.75) is 13.5 Å². The van der Waals surface area contributed by atoms with Crippen LogP contribution in [0.4, 0.5) is 5.82 Å². The number of nitrogens with zero attached hydrogens (tertiary/aromatic N) is 5.